The monoisotopic (exact) mass is 260 g/mol. The number of para-hydroxylation sites is 1. The molecule has 0 aromatic heterocycles. The maximum Gasteiger partial charge on any atom is 0.220 e. The van der Waals surface area contributed by atoms with E-state index >= 15 is 0 Å². The standard InChI is InChI=1S/C15H20N2O2/c18-15-6-5-13(7-8-16-15)17-9-10-19-14-4-2-1-3-12(14)11-17/h1-4,13H,5-11H2,(H,16,18)/t13-/m0/s1. The number of rotatable bonds is 1. The summed E-state index contributed by atoms with van der Waals surface area (Å²) in [6.45, 7) is 3.39. The molecule has 0 spiro atoms. The first-order valence-corrected chi connectivity index (χ1v) is 7.04. The SMILES string of the molecule is O=C1CC[C@H](N2CCOc3ccccc3C2)CCN1. The second-order valence-corrected chi connectivity index (χ2v) is 5.26. The molecule has 1 atom stereocenters. The topological polar surface area (TPSA) is 41.6 Å². The van der Waals surface area contributed by atoms with Gasteiger partial charge >= 0.3 is 0 Å². The summed E-state index contributed by atoms with van der Waals surface area (Å²) in [4.78, 5) is 13.9. The minimum atomic E-state index is 0.189. The van der Waals surface area contributed by atoms with Crippen molar-refractivity contribution in [2.75, 3.05) is 19.7 Å². The Kier molecular flexibility index (Phi) is 3.69. The van der Waals surface area contributed by atoms with Crippen LogP contribution in [0.2, 0.25) is 0 Å². The van der Waals surface area contributed by atoms with Crippen molar-refractivity contribution in [3.8, 4) is 5.75 Å². The molecule has 2 aliphatic rings. The summed E-state index contributed by atoms with van der Waals surface area (Å²) in [7, 11) is 0. The fraction of sp³-hybridized carbons (Fsp3) is 0.533. The zero-order valence-electron chi connectivity index (χ0n) is 11.1. The van der Waals surface area contributed by atoms with Gasteiger partial charge in [0.2, 0.25) is 5.91 Å². The van der Waals surface area contributed by atoms with Crippen LogP contribution in [0.4, 0.5) is 0 Å². The lowest BCUT2D eigenvalue weighted by atomic mass is 10.1. The fourth-order valence-corrected chi connectivity index (χ4v) is 2.93. The lowest BCUT2D eigenvalue weighted by Crippen LogP contribution is -2.37. The molecular formula is C15H20N2O2. The van der Waals surface area contributed by atoms with E-state index in [9.17, 15) is 4.79 Å². The van der Waals surface area contributed by atoms with Gasteiger partial charge in [0.25, 0.3) is 0 Å². The number of carbonyl (C=O) groups is 1. The van der Waals surface area contributed by atoms with Crippen LogP contribution in [0.25, 0.3) is 0 Å². The van der Waals surface area contributed by atoms with Gasteiger partial charge in [0, 0.05) is 37.7 Å². The average Bonchev–Trinajstić information content (AvgIpc) is 2.76. The third kappa shape index (κ3) is 2.89. The minimum Gasteiger partial charge on any atom is -0.492 e. The van der Waals surface area contributed by atoms with Crippen molar-refractivity contribution in [1.29, 1.82) is 0 Å². The first-order chi connectivity index (χ1) is 9.33. The van der Waals surface area contributed by atoms with Crippen LogP contribution in [0.15, 0.2) is 24.3 Å². The van der Waals surface area contributed by atoms with Crippen molar-refractivity contribution < 1.29 is 9.53 Å². The highest BCUT2D eigenvalue weighted by atomic mass is 16.5. The molecule has 3 rings (SSSR count). The third-order valence-corrected chi connectivity index (χ3v) is 4.00. The summed E-state index contributed by atoms with van der Waals surface area (Å²) >= 11 is 0. The summed E-state index contributed by atoms with van der Waals surface area (Å²) in [5, 5.41) is 2.95. The number of nitrogens with one attached hydrogen (secondary N) is 1. The first kappa shape index (κ1) is 12.5. The highest BCUT2D eigenvalue weighted by molar-refractivity contribution is 5.76. The molecule has 19 heavy (non-hydrogen) atoms. The molecule has 1 N–H and O–H groups in total. The largest absolute Gasteiger partial charge is 0.492 e. The molecule has 0 unspecified atom stereocenters. The van der Waals surface area contributed by atoms with E-state index in [1.54, 1.807) is 0 Å². The predicted molar refractivity (Wildman–Crippen MR) is 73.0 cm³/mol. The average molecular weight is 260 g/mol. The maximum atomic E-state index is 11.4. The van der Waals surface area contributed by atoms with E-state index in [1.807, 2.05) is 12.1 Å². The lowest BCUT2D eigenvalue weighted by Gasteiger charge is -2.28. The van der Waals surface area contributed by atoms with Gasteiger partial charge < -0.3 is 10.1 Å². The van der Waals surface area contributed by atoms with E-state index < -0.39 is 0 Å². The summed E-state index contributed by atoms with van der Waals surface area (Å²) in [6.07, 6.45) is 2.63. The van der Waals surface area contributed by atoms with E-state index in [0.29, 0.717) is 12.5 Å². The Hall–Kier alpha value is -1.55. The Labute approximate surface area is 113 Å². The highest BCUT2D eigenvalue weighted by Crippen LogP contribution is 2.25. The molecule has 1 amide bonds. The molecule has 0 saturated carbocycles. The molecule has 0 aliphatic carbocycles. The zero-order chi connectivity index (χ0) is 13.1. The molecule has 2 aliphatic heterocycles. The molecule has 2 heterocycles. The van der Waals surface area contributed by atoms with Crippen LogP contribution in [0.3, 0.4) is 0 Å². The number of hydrogen-bond donors (Lipinski definition) is 1. The molecule has 0 radical (unpaired) electrons. The first-order valence-electron chi connectivity index (χ1n) is 7.04. The molecule has 1 aromatic rings. The normalized spacial score (nSPS) is 24.6. The Balaban J connectivity index is 1.73. The molecule has 0 bridgehead atoms. The van der Waals surface area contributed by atoms with Gasteiger partial charge in [0.1, 0.15) is 12.4 Å². The molecule has 1 fully saturated rings. The molecular weight excluding hydrogens is 240 g/mol. The minimum absolute atomic E-state index is 0.189. The van der Waals surface area contributed by atoms with E-state index in [4.69, 9.17) is 4.74 Å². The maximum absolute atomic E-state index is 11.4. The van der Waals surface area contributed by atoms with Gasteiger partial charge in [-0.3, -0.25) is 9.69 Å². The smallest absolute Gasteiger partial charge is 0.220 e. The van der Waals surface area contributed by atoms with Crippen molar-refractivity contribution in [1.82, 2.24) is 10.2 Å². The van der Waals surface area contributed by atoms with E-state index in [1.165, 1.54) is 5.56 Å². The number of hydrogen-bond acceptors (Lipinski definition) is 3. The summed E-state index contributed by atoms with van der Waals surface area (Å²) in [5.74, 6) is 1.20. The Morgan fingerprint density at radius 2 is 2.16 bits per heavy atom. The number of carbonyl (C=O) groups excluding carboxylic acids is 1. The quantitative estimate of drug-likeness (QED) is 0.833. The van der Waals surface area contributed by atoms with Crippen LogP contribution >= 0.6 is 0 Å². The number of ether oxygens (including phenoxy) is 1. The van der Waals surface area contributed by atoms with Crippen LogP contribution in [-0.4, -0.2) is 36.5 Å². The summed E-state index contributed by atoms with van der Waals surface area (Å²) < 4.78 is 5.80. The van der Waals surface area contributed by atoms with Crippen LogP contribution in [-0.2, 0) is 11.3 Å². The second kappa shape index (κ2) is 5.61. The van der Waals surface area contributed by atoms with Gasteiger partial charge in [-0.05, 0) is 18.9 Å². The van der Waals surface area contributed by atoms with Crippen molar-refractivity contribution in [3.05, 3.63) is 29.8 Å². The van der Waals surface area contributed by atoms with Crippen molar-refractivity contribution in [2.24, 2.45) is 0 Å². The Bertz CT molecular complexity index is 461. The van der Waals surface area contributed by atoms with Crippen LogP contribution in [0.1, 0.15) is 24.8 Å². The molecule has 1 aromatic carbocycles. The van der Waals surface area contributed by atoms with Crippen molar-refractivity contribution in [3.63, 3.8) is 0 Å². The number of nitrogens with zero attached hydrogens (tertiary/aromatic N) is 1. The van der Waals surface area contributed by atoms with Gasteiger partial charge in [-0.1, -0.05) is 18.2 Å². The van der Waals surface area contributed by atoms with Crippen LogP contribution < -0.4 is 10.1 Å². The summed E-state index contributed by atoms with van der Waals surface area (Å²) in [6, 6.07) is 8.73. The summed E-state index contributed by atoms with van der Waals surface area (Å²) in [5.41, 5.74) is 1.25. The van der Waals surface area contributed by atoms with Gasteiger partial charge in [-0.2, -0.15) is 0 Å². The molecule has 4 heteroatoms. The number of benzene rings is 1. The fourth-order valence-electron chi connectivity index (χ4n) is 2.93. The van der Waals surface area contributed by atoms with Gasteiger partial charge in [-0.25, -0.2) is 0 Å². The number of amides is 1. The molecule has 4 nitrogen and oxygen atoms in total. The lowest BCUT2D eigenvalue weighted by molar-refractivity contribution is -0.120. The van der Waals surface area contributed by atoms with Crippen molar-refractivity contribution >= 4 is 5.91 Å². The van der Waals surface area contributed by atoms with E-state index in [0.717, 1.165) is 44.8 Å². The predicted octanol–water partition coefficient (Wildman–Crippen LogP) is 1.55. The Morgan fingerprint density at radius 3 is 3.11 bits per heavy atom. The molecule has 1 saturated heterocycles. The van der Waals surface area contributed by atoms with Gasteiger partial charge in [-0.15, -0.1) is 0 Å². The second-order valence-electron chi connectivity index (χ2n) is 5.26. The van der Waals surface area contributed by atoms with Crippen LogP contribution in [0, 0.1) is 0 Å². The van der Waals surface area contributed by atoms with Gasteiger partial charge in [0.05, 0.1) is 0 Å². The Morgan fingerprint density at radius 1 is 1.26 bits per heavy atom. The highest BCUT2D eigenvalue weighted by Gasteiger charge is 2.24. The van der Waals surface area contributed by atoms with Crippen molar-refractivity contribution in [2.45, 2.75) is 31.8 Å². The zero-order valence-corrected chi connectivity index (χ0v) is 11.1. The van der Waals surface area contributed by atoms with Gasteiger partial charge in [0.15, 0.2) is 0 Å². The molecule has 102 valence electrons. The van der Waals surface area contributed by atoms with Crippen LogP contribution in [0.5, 0.6) is 5.75 Å². The van der Waals surface area contributed by atoms with E-state index in [2.05, 4.69) is 22.3 Å². The third-order valence-electron chi connectivity index (χ3n) is 4.00. The number of fused-ring (bicyclic) bond motifs is 1. The van der Waals surface area contributed by atoms with E-state index in [-0.39, 0.29) is 5.91 Å².